The molecule has 1 aliphatic rings. The lowest BCUT2D eigenvalue weighted by atomic mass is 9.95. The highest BCUT2D eigenvalue weighted by atomic mass is 16.5. The zero-order chi connectivity index (χ0) is 18.2. The number of benzene rings is 1. The van der Waals surface area contributed by atoms with Gasteiger partial charge in [-0.2, -0.15) is 0 Å². The predicted molar refractivity (Wildman–Crippen MR) is 104 cm³/mol. The van der Waals surface area contributed by atoms with Gasteiger partial charge in [-0.3, -0.25) is 0 Å². The third kappa shape index (κ3) is 5.51. The van der Waals surface area contributed by atoms with E-state index in [9.17, 15) is 0 Å². The zero-order valence-electron chi connectivity index (χ0n) is 15.6. The summed E-state index contributed by atoms with van der Waals surface area (Å²) in [6.07, 6.45) is 6.40. The smallest absolute Gasteiger partial charge is 0.132 e. The Labute approximate surface area is 155 Å². The van der Waals surface area contributed by atoms with Gasteiger partial charge in [-0.1, -0.05) is 19.3 Å². The van der Waals surface area contributed by atoms with E-state index in [0.29, 0.717) is 19.2 Å². The SMILES string of the molecule is COc1ccc(OCCNc2cc(NC3CCCCC3)nc(C)n2)cc1. The van der Waals surface area contributed by atoms with E-state index < -0.39 is 0 Å². The number of ether oxygens (including phenoxy) is 2. The molecule has 0 aliphatic heterocycles. The van der Waals surface area contributed by atoms with Crippen LogP contribution in [0, 0.1) is 6.92 Å². The highest BCUT2D eigenvalue weighted by molar-refractivity contribution is 5.48. The number of aryl methyl sites for hydroxylation is 1. The van der Waals surface area contributed by atoms with Gasteiger partial charge in [-0.25, -0.2) is 9.97 Å². The number of nitrogens with zero attached hydrogens (tertiary/aromatic N) is 2. The number of hydrogen-bond donors (Lipinski definition) is 2. The van der Waals surface area contributed by atoms with Crippen molar-refractivity contribution in [3.8, 4) is 11.5 Å². The van der Waals surface area contributed by atoms with Gasteiger partial charge in [-0.05, 0) is 44.0 Å². The first-order chi connectivity index (χ1) is 12.7. The maximum absolute atomic E-state index is 5.73. The van der Waals surface area contributed by atoms with Gasteiger partial charge in [0.15, 0.2) is 0 Å². The van der Waals surface area contributed by atoms with Crippen LogP contribution >= 0.6 is 0 Å². The van der Waals surface area contributed by atoms with Gasteiger partial charge < -0.3 is 20.1 Å². The maximum atomic E-state index is 5.73. The second-order valence-corrected chi connectivity index (χ2v) is 6.62. The summed E-state index contributed by atoms with van der Waals surface area (Å²) in [6.45, 7) is 3.15. The average molecular weight is 356 g/mol. The largest absolute Gasteiger partial charge is 0.497 e. The van der Waals surface area contributed by atoms with Crippen LogP contribution in [0.5, 0.6) is 11.5 Å². The number of rotatable bonds is 8. The summed E-state index contributed by atoms with van der Waals surface area (Å²) in [6, 6.07) is 10.1. The van der Waals surface area contributed by atoms with Crippen LogP contribution in [-0.2, 0) is 0 Å². The lowest BCUT2D eigenvalue weighted by Crippen LogP contribution is -2.23. The highest BCUT2D eigenvalue weighted by Gasteiger charge is 2.14. The Hall–Kier alpha value is -2.50. The molecule has 2 N–H and O–H groups in total. The van der Waals surface area contributed by atoms with E-state index in [1.165, 1.54) is 32.1 Å². The lowest BCUT2D eigenvalue weighted by molar-refractivity contribution is 0.331. The predicted octanol–water partition coefficient (Wildman–Crippen LogP) is 4.03. The fourth-order valence-electron chi connectivity index (χ4n) is 3.21. The summed E-state index contributed by atoms with van der Waals surface area (Å²) in [7, 11) is 1.65. The molecular weight excluding hydrogens is 328 g/mol. The second kappa shape index (κ2) is 9.27. The van der Waals surface area contributed by atoms with E-state index in [0.717, 1.165) is 29.0 Å². The topological polar surface area (TPSA) is 68.3 Å². The van der Waals surface area contributed by atoms with Gasteiger partial charge in [0, 0.05) is 12.1 Å². The van der Waals surface area contributed by atoms with Crippen molar-refractivity contribution in [2.75, 3.05) is 30.9 Å². The normalized spacial score (nSPS) is 14.7. The summed E-state index contributed by atoms with van der Waals surface area (Å²) in [4.78, 5) is 8.97. The molecule has 0 radical (unpaired) electrons. The summed E-state index contributed by atoms with van der Waals surface area (Å²) < 4.78 is 10.9. The van der Waals surface area contributed by atoms with Gasteiger partial charge in [0.1, 0.15) is 35.6 Å². The average Bonchev–Trinajstić information content (AvgIpc) is 2.66. The molecule has 1 aromatic heterocycles. The van der Waals surface area contributed by atoms with E-state index in [1.54, 1.807) is 7.11 Å². The van der Waals surface area contributed by atoms with Crippen molar-refractivity contribution in [2.24, 2.45) is 0 Å². The van der Waals surface area contributed by atoms with Gasteiger partial charge in [0.25, 0.3) is 0 Å². The highest BCUT2D eigenvalue weighted by Crippen LogP contribution is 2.22. The number of nitrogens with one attached hydrogen (secondary N) is 2. The van der Waals surface area contributed by atoms with E-state index in [1.807, 2.05) is 37.3 Å². The quantitative estimate of drug-likeness (QED) is 0.696. The van der Waals surface area contributed by atoms with Crippen molar-refractivity contribution in [3.63, 3.8) is 0 Å². The van der Waals surface area contributed by atoms with E-state index in [4.69, 9.17) is 9.47 Å². The van der Waals surface area contributed by atoms with Gasteiger partial charge in [-0.15, -0.1) is 0 Å². The summed E-state index contributed by atoms with van der Waals surface area (Å²) in [5.41, 5.74) is 0. The summed E-state index contributed by atoms with van der Waals surface area (Å²) >= 11 is 0. The number of anilines is 2. The Balaban J connectivity index is 1.47. The molecular formula is C20H28N4O2. The zero-order valence-corrected chi connectivity index (χ0v) is 15.6. The number of hydrogen-bond acceptors (Lipinski definition) is 6. The second-order valence-electron chi connectivity index (χ2n) is 6.62. The van der Waals surface area contributed by atoms with Crippen molar-refractivity contribution in [1.82, 2.24) is 9.97 Å². The van der Waals surface area contributed by atoms with Crippen LogP contribution in [0.1, 0.15) is 37.9 Å². The molecule has 3 rings (SSSR count). The molecule has 1 aromatic carbocycles. The molecule has 2 aromatic rings. The van der Waals surface area contributed by atoms with Gasteiger partial charge in [0.05, 0.1) is 13.7 Å². The van der Waals surface area contributed by atoms with Gasteiger partial charge in [0.2, 0.25) is 0 Å². The van der Waals surface area contributed by atoms with Crippen molar-refractivity contribution < 1.29 is 9.47 Å². The van der Waals surface area contributed by atoms with Crippen LogP contribution in [0.15, 0.2) is 30.3 Å². The van der Waals surface area contributed by atoms with Crippen LogP contribution in [0.3, 0.4) is 0 Å². The molecule has 6 nitrogen and oxygen atoms in total. The van der Waals surface area contributed by atoms with E-state index in [2.05, 4.69) is 20.6 Å². The van der Waals surface area contributed by atoms with Crippen LogP contribution < -0.4 is 20.1 Å². The van der Waals surface area contributed by atoms with E-state index >= 15 is 0 Å². The third-order valence-corrected chi connectivity index (χ3v) is 4.53. The molecule has 0 amide bonds. The Bertz CT molecular complexity index is 685. The molecule has 140 valence electrons. The Morgan fingerprint density at radius 3 is 2.42 bits per heavy atom. The molecule has 1 heterocycles. The third-order valence-electron chi connectivity index (χ3n) is 4.53. The van der Waals surface area contributed by atoms with Crippen molar-refractivity contribution in [3.05, 3.63) is 36.2 Å². The Kier molecular flexibility index (Phi) is 6.52. The summed E-state index contributed by atoms with van der Waals surface area (Å²) in [5, 5.41) is 6.87. The molecule has 6 heteroatoms. The molecule has 0 unspecified atom stereocenters. The Morgan fingerprint density at radius 2 is 1.69 bits per heavy atom. The standard InChI is InChI=1S/C20H28N4O2/c1-15-22-19(14-20(23-15)24-16-6-4-3-5-7-16)21-12-13-26-18-10-8-17(25-2)9-11-18/h8-11,14,16H,3-7,12-13H2,1-2H3,(H2,21,22,23,24). The first kappa shape index (κ1) is 18.3. The first-order valence-electron chi connectivity index (χ1n) is 9.36. The number of methoxy groups -OCH3 is 1. The molecule has 0 spiro atoms. The minimum atomic E-state index is 0.532. The number of aromatic nitrogens is 2. The molecule has 1 saturated carbocycles. The summed E-state index contributed by atoms with van der Waals surface area (Å²) in [5.74, 6) is 4.15. The minimum absolute atomic E-state index is 0.532. The van der Waals surface area contributed by atoms with Crippen LogP contribution in [0.2, 0.25) is 0 Å². The van der Waals surface area contributed by atoms with Gasteiger partial charge >= 0.3 is 0 Å². The molecule has 1 aliphatic carbocycles. The molecule has 0 saturated heterocycles. The van der Waals surface area contributed by atoms with Crippen LogP contribution in [0.4, 0.5) is 11.6 Å². The van der Waals surface area contributed by atoms with Crippen LogP contribution in [0.25, 0.3) is 0 Å². The van der Waals surface area contributed by atoms with Crippen molar-refractivity contribution >= 4 is 11.6 Å². The maximum Gasteiger partial charge on any atom is 0.132 e. The fraction of sp³-hybridized carbons (Fsp3) is 0.500. The molecule has 26 heavy (non-hydrogen) atoms. The Morgan fingerprint density at radius 1 is 1.00 bits per heavy atom. The molecule has 0 bridgehead atoms. The van der Waals surface area contributed by atoms with Crippen LogP contribution in [-0.4, -0.2) is 36.3 Å². The lowest BCUT2D eigenvalue weighted by Gasteiger charge is -2.23. The van der Waals surface area contributed by atoms with E-state index in [-0.39, 0.29) is 0 Å². The van der Waals surface area contributed by atoms with Crippen molar-refractivity contribution in [2.45, 2.75) is 45.1 Å². The fourth-order valence-corrected chi connectivity index (χ4v) is 3.21. The first-order valence-corrected chi connectivity index (χ1v) is 9.36. The minimum Gasteiger partial charge on any atom is -0.497 e. The molecule has 1 fully saturated rings. The molecule has 0 atom stereocenters. The monoisotopic (exact) mass is 356 g/mol. The van der Waals surface area contributed by atoms with Crippen molar-refractivity contribution in [1.29, 1.82) is 0 Å².